The molecule has 0 atom stereocenters. The molecule has 0 fully saturated rings. The molecular formula is C12H14N4OS. The maximum atomic E-state index is 10.8. The maximum Gasteiger partial charge on any atom is 0.227 e. The Morgan fingerprint density at radius 2 is 2.11 bits per heavy atom. The quantitative estimate of drug-likeness (QED) is 0.844. The lowest BCUT2D eigenvalue weighted by atomic mass is 10.1. The average Bonchev–Trinajstić information content (AvgIpc) is 2.69. The van der Waals surface area contributed by atoms with Crippen LogP contribution in [0.1, 0.15) is 5.56 Å². The van der Waals surface area contributed by atoms with Gasteiger partial charge in [-0.15, -0.1) is 10.2 Å². The molecule has 0 unspecified atom stereocenters. The van der Waals surface area contributed by atoms with Crippen molar-refractivity contribution in [3.05, 3.63) is 29.8 Å². The van der Waals surface area contributed by atoms with Crippen LogP contribution in [0.4, 0.5) is 0 Å². The zero-order chi connectivity index (χ0) is 13.1. The van der Waals surface area contributed by atoms with Crippen LogP contribution in [0.15, 0.2) is 29.4 Å². The highest BCUT2D eigenvalue weighted by molar-refractivity contribution is 7.99. The Kier molecular flexibility index (Phi) is 3.66. The molecule has 18 heavy (non-hydrogen) atoms. The zero-order valence-electron chi connectivity index (χ0n) is 10.3. The van der Waals surface area contributed by atoms with Crippen molar-refractivity contribution in [1.29, 1.82) is 0 Å². The van der Waals surface area contributed by atoms with E-state index in [1.54, 1.807) is 0 Å². The van der Waals surface area contributed by atoms with Gasteiger partial charge in [-0.2, -0.15) is 0 Å². The third-order valence-electron chi connectivity index (χ3n) is 2.56. The number of amides is 1. The molecule has 0 saturated carbocycles. The summed E-state index contributed by atoms with van der Waals surface area (Å²) in [4.78, 5) is 10.8. The Morgan fingerprint density at radius 3 is 2.78 bits per heavy atom. The molecule has 0 bridgehead atoms. The number of thioether (sulfide) groups is 1. The van der Waals surface area contributed by atoms with Gasteiger partial charge in [0.05, 0.1) is 5.75 Å². The summed E-state index contributed by atoms with van der Waals surface area (Å²) in [7, 11) is 1.88. The van der Waals surface area contributed by atoms with Crippen LogP contribution in [0.2, 0.25) is 0 Å². The molecule has 0 radical (unpaired) electrons. The van der Waals surface area contributed by atoms with Crippen LogP contribution in [-0.2, 0) is 11.8 Å². The summed E-state index contributed by atoms with van der Waals surface area (Å²) >= 11 is 1.29. The van der Waals surface area contributed by atoms with Crippen molar-refractivity contribution in [3.63, 3.8) is 0 Å². The molecule has 2 N–H and O–H groups in total. The SMILES string of the molecule is Cc1ccccc1-c1nnc(SCC(N)=O)n1C. The van der Waals surface area contributed by atoms with Crippen LogP contribution in [0.5, 0.6) is 0 Å². The van der Waals surface area contributed by atoms with Gasteiger partial charge in [0, 0.05) is 12.6 Å². The first-order chi connectivity index (χ1) is 8.59. The number of carbonyl (C=O) groups is 1. The van der Waals surface area contributed by atoms with Gasteiger partial charge >= 0.3 is 0 Å². The minimum absolute atomic E-state index is 0.208. The number of primary amides is 1. The third kappa shape index (κ3) is 2.53. The molecule has 2 aromatic rings. The fourth-order valence-electron chi connectivity index (χ4n) is 1.63. The summed E-state index contributed by atoms with van der Waals surface area (Å²) < 4.78 is 1.87. The Morgan fingerprint density at radius 1 is 1.39 bits per heavy atom. The number of nitrogens with two attached hydrogens (primary N) is 1. The third-order valence-corrected chi connectivity index (χ3v) is 3.61. The van der Waals surface area contributed by atoms with Gasteiger partial charge in [-0.05, 0) is 12.5 Å². The number of aryl methyl sites for hydroxylation is 1. The summed E-state index contributed by atoms with van der Waals surface area (Å²) in [5, 5.41) is 8.93. The lowest BCUT2D eigenvalue weighted by Gasteiger charge is -2.05. The summed E-state index contributed by atoms with van der Waals surface area (Å²) in [5.41, 5.74) is 7.29. The Hall–Kier alpha value is -1.82. The highest BCUT2D eigenvalue weighted by Crippen LogP contribution is 2.24. The summed E-state index contributed by atoms with van der Waals surface area (Å²) in [5.74, 6) is 0.639. The molecule has 1 aromatic carbocycles. The molecular weight excluding hydrogens is 248 g/mol. The van der Waals surface area contributed by atoms with Gasteiger partial charge in [0.15, 0.2) is 11.0 Å². The van der Waals surface area contributed by atoms with Crippen LogP contribution in [0, 0.1) is 6.92 Å². The predicted molar refractivity (Wildman–Crippen MR) is 71.1 cm³/mol. The molecule has 0 spiro atoms. The second-order valence-electron chi connectivity index (χ2n) is 3.94. The Bertz CT molecular complexity index is 579. The van der Waals surface area contributed by atoms with E-state index in [1.807, 2.05) is 42.8 Å². The molecule has 5 nitrogen and oxygen atoms in total. The maximum absolute atomic E-state index is 10.8. The molecule has 0 aliphatic carbocycles. The van der Waals surface area contributed by atoms with Gasteiger partial charge in [0.1, 0.15) is 0 Å². The Balaban J connectivity index is 2.31. The van der Waals surface area contributed by atoms with Crippen LogP contribution in [-0.4, -0.2) is 26.4 Å². The van der Waals surface area contributed by atoms with E-state index >= 15 is 0 Å². The van der Waals surface area contributed by atoms with E-state index in [0.717, 1.165) is 17.0 Å². The van der Waals surface area contributed by atoms with Crippen molar-refractivity contribution >= 4 is 17.7 Å². The minimum atomic E-state index is -0.361. The molecule has 0 saturated heterocycles. The van der Waals surface area contributed by atoms with Gasteiger partial charge in [0.2, 0.25) is 5.91 Å². The normalized spacial score (nSPS) is 10.6. The zero-order valence-corrected chi connectivity index (χ0v) is 11.1. The number of hydrogen-bond donors (Lipinski definition) is 1. The van der Waals surface area contributed by atoms with Crippen molar-refractivity contribution in [2.75, 3.05) is 5.75 Å². The largest absolute Gasteiger partial charge is 0.369 e. The number of nitrogens with zero attached hydrogens (tertiary/aromatic N) is 3. The molecule has 0 aliphatic rings. The molecule has 6 heteroatoms. The number of rotatable bonds is 4. The second-order valence-corrected chi connectivity index (χ2v) is 4.88. The first-order valence-corrected chi connectivity index (χ1v) is 6.44. The summed E-state index contributed by atoms with van der Waals surface area (Å²) in [6.45, 7) is 2.03. The first kappa shape index (κ1) is 12.6. The van der Waals surface area contributed by atoms with Gasteiger partial charge in [-0.3, -0.25) is 4.79 Å². The average molecular weight is 262 g/mol. The topological polar surface area (TPSA) is 73.8 Å². The van der Waals surface area contributed by atoms with Crippen molar-refractivity contribution in [2.24, 2.45) is 12.8 Å². The van der Waals surface area contributed by atoms with Crippen molar-refractivity contribution in [3.8, 4) is 11.4 Å². The van der Waals surface area contributed by atoms with Gasteiger partial charge in [-0.1, -0.05) is 36.0 Å². The van der Waals surface area contributed by atoms with Crippen molar-refractivity contribution in [2.45, 2.75) is 12.1 Å². The van der Waals surface area contributed by atoms with Gasteiger partial charge < -0.3 is 10.3 Å². The van der Waals surface area contributed by atoms with Crippen LogP contribution in [0.25, 0.3) is 11.4 Å². The van der Waals surface area contributed by atoms with Crippen LogP contribution < -0.4 is 5.73 Å². The summed E-state index contributed by atoms with van der Waals surface area (Å²) in [6.07, 6.45) is 0. The molecule has 94 valence electrons. The van der Waals surface area contributed by atoms with E-state index in [0.29, 0.717) is 5.16 Å². The fraction of sp³-hybridized carbons (Fsp3) is 0.250. The lowest BCUT2D eigenvalue weighted by molar-refractivity contribution is -0.115. The van der Waals surface area contributed by atoms with Crippen LogP contribution in [0.3, 0.4) is 0 Å². The van der Waals surface area contributed by atoms with Crippen LogP contribution >= 0.6 is 11.8 Å². The van der Waals surface area contributed by atoms with Gasteiger partial charge in [0.25, 0.3) is 0 Å². The van der Waals surface area contributed by atoms with Crippen molar-refractivity contribution in [1.82, 2.24) is 14.8 Å². The van der Waals surface area contributed by atoms with E-state index in [4.69, 9.17) is 5.73 Å². The highest BCUT2D eigenvalue weighted by atomic mass is 32.2. The predicted octanol–water partition coefficient (Wildman–Crippen LogP) is 1.37. The molecule has 1 aromatic heterocycles. The Labute approximate surface area is 109 Å². The standard InChI is InChI=1S/C12H14N4OS/c1-8-5-3-4-6-9(8)11-14-15-12(16(11)2)18-7-10(13)17/h3-6H,7H2,1-2H3,(H2,13,17). The van der Waals surface area contributed by atoms with Crippen molar-refractivity contribution < 1.29 is 4.79 Å². The first-order valence-electron chi connectivity index (χ1n) is 5.46. The van der Waals surface area contributed by atoms with Gasteiger partial charge in [-0.25, -0.2) is 0 Å². The number of aromatic nitrogens is 3. The summed E-state index contributed by atoms with van der Waals surface area (Å²) in [6, 6.07) is 7.98. The van der Waals surface area contributed by atoms with E-state index < -0.39 is 0 Å². The molecule has 2 rings (SSSR count). The minimum Gasteiger partial charge on any atom is -0.369 e. The molecule has 1 amide bonds. The lowest BCUT2D eigenvalue weighted by Crippen LogP contribution is -2.13. The molecule has 1 heterocycles. The second kappa shape index (κ2) is 5.22. The monoisotopic (exact) mass is 262 g/mol. The fourth-order valence-corrected chi connectivity index (χ4v) is 2.28. The van der Waals surface area contributed by atoms with E-state index in [9.17, 15) is 4.79 Å². The number of hydrogen-bond acceptors (Lipinski definition) is 4. The number of carbonyl (C=O) groups excluding carboxylic acids is 1. The van der Waals surface area contributed by atoms with E-state index in [-0.39, 0.29) is 11.7 Å². The van der Waals surface area contributed by atoms with E-state index in [1.165, 1.54) is 11.8 Å². The number of benzene rings is 1. The van der Waals surface area contributed by atoms with E-state index in [2.05, 4.69) is 10.2 Å². The molecule has 0 aliphatic heterocycles. The highest BCUT2D eigenvalue weighted by Gasteiger charge is 2.13. The smallest absolute Gasteiger partial charge is 0.227 e.